The van der Waals surface area contributed by atoms with Gasteiger partial charge in [-0.05, 0) is 37.7 Å². The first-order chi connectivity index (χ1) is 11.9. The van der Waals surface area contributed by atoms with Crippen LogP contribution in [-0.4, -0.2) is 58.3 Å². The summed E-state index contributed by atoms with van der Waals surface area (Å²) in [6.07, 6.45) is 3.51. The summed E-state index contributed by atoms with van der Waals surface area (Å²) in [7, 11) is -1.34. The van der Waals surface area contributed by atoms with E-state index in [0.29, 0.717) is 25.8 Å². The van der Waals surface area contributed by atoms with Gasteiger partial charge in [0.25, 0.3) is 0 Å². The van der Waals surface area contributed by atoms with Crippen LogP contribution in [-0.2, 0) is 11.2 Å². The average Bonchev–Trinajstić information content (AvgIpc) is 3.07. The number of carbonyl (C=O) groups is 1. The third-order valence-corrected chi connectivity index (χ3v) is 5.26. The van der Waals surface area contributed by atoms with Crippen LogP contribution in [0.3, 0.4) is 0 Å². The van der Waals surface area contributed by atoms with Crippen LogP contribution in [0.25, 0.3) is 0 Å². The summed E-state index contributed by atoms with van der Waals surface area (Å²) in [6, 6.07) is 10.3. The first-order valence-electron chi connectivity index (χ1n) is 9.06. The highest BCUT2D eigenvalue weighted by atomic mass is 16.4. The SMILES string of the molecule is NC(CCCCB(O)O)(C(=O)O)C1CCN(CCc2ccccc2)C1. The van der Waals surface area contributed by atoms with Crippen LogP contribution in [0, 0.1) is 5.92 Å². The monoisotopic (exact) mass is 348 g/mol. The molecule has 2 atom stereocenters. The lowest BCUT2D eigenvalue weighted by Crippen LogP contribution is -2.55. The predicted octanol–water partition coefficient (Wildman–Crippen LogP) is 0.976. The maximum atomic E-state index is 11.8. The van der Waals surface area contributed by atoms with E-state index in [1.165, 1.54) is 5.56 Å². The minimum absolute atomic E-state index is 0.0696. The van der Waals surface area contributed by atoms with Gasteiger partial charge in [0.2, 0.25) is 0 Å². The summed E-state index contributed by atoms with van der Waals surface area (Å²) in [5.74, 6) is -1.02. The van der Waals surface area contributed by atoms with Gasteiger partial charge >= 0.3 is 13.1 Å². The van der Waals surface area contributed by atoms with E-state index in [0.717, 1.165) is 25.9 Å². The summed E-state index contributed by atoms with van der Waals surface area (Å²) >= 11 is 0. The van der Waals surface area contributed by atoms with Crippen molar-refractivity contribution in [1.82, 2.24) is 4.90 Å². The Labute approximate surface area is 149 Å². The zero-order valence-corrected chi connectivity index (χ0v) is 14.7. The van der Waals surface area contributed by atoms with Crippen LogP contribution < -0.4 is 5.73 Å². The highest BCUT2D eigenvalue weighted by molar-refractivity contribution is 6.40. The van der Waals surface area contributed by atoms with Crippen LogP contribution in [0.15, 0.2) is 30.3 Å². The molecule has 1 aliphatic rings. The summed E-state index contributed by atoms with van der Waals surface area (Å²) in [4.78, 5) is 14.1. The van der Waals surface area contributed by atoms with Gasteiger partial charge in [-0.1, -0.05) is 43.2 Å². The van der Waals surface area contributed by atoms with E-state index in [1.54, 1.807) is 0 Å². The Hall–Kier alpha value is -1.41. The van der Waals surface area contributed by atoms with Gasteiger partial charge in [0, 0.05) is 19.0 Å². The maximum absolute atomic E-state index is 11.8. The van der Waals surface area contributed by atoms with E-state index < -0.39 is 18.6 Å². The number of carboxylic acids is 1. The van der Waals surface area contributed by atoms with Crippen molar-refractivity contribution in [3.63, 3.8) is 0 Å². The molecule has 1 heterocycles. The largest absolute Gasteiger partial charge is 0.480 e. The minimum atomic E-state index is -1.34. The fourth-order valence-electron chi connectivity index (χ4n) is 3.62. The lowest BCUT2D eigenvalue weighted by molar-refractivity contribution is -0.145. The molecule has 1 saturated heterocycles. The fraction of sp³-hybridized carbons (Fsp3) is 0.611. The van der Waals surface area contributed by atoms with Gasteiger partial charge in [0.15, 0.2) is 0 Å². The molecule has 2 unspecified atom stereocenters. The highest BCUT2D eigenvalue weighted by Crippen LogP contribution is 2.30. The molecule has 0 aliphatic carbocycles. The van der Waals surface area contributed by atoms with Gasteiger partial charge < -0.3 is 25.8 Å². The molecular formula is C18H29BN2O4. The number of benzene rings is 1. The van der Waals surface area contributed by atoms with E-state index in [4.69, 9.17) is 15.8 Å². The molecular weight excluding hydrogens is 319 g/mol. The zero-order valence-electron chi connectivity index (χ0n) is 14.7. The molecule has 0 saturated carbocycles. The van der Waals surface area contributed by atoms with Crippen LogP contribution in [0.4, 0.5) is 0 Å². The first-order valence-corrected chi connectivity index (χ1v) is 9.06. The molecule has 0 amide bonds. The second-order valence-electron chi connectivity index (χ2n) is 7.09. The second-order valence-corrected chi connectivity index (χ2v) is 7.09. The second kappa shape index (κ2) is 9.34. The minimum Gasteiger partial charge on any atom is -0.480 e. The Balaban J connectivity index is 1.84. The standard InChI is InChI=1S/C18H29BN2O4/c20-18(17(22)23,10-4-5-11-19(24)25)16-9-13-21(14-16)12-8-15-6-2-1-3-7-15/h1-3,6-7,16,24-25H,4-5,8-14,20H2,(H,22,23). The van der Waals surface area contributed by atoms with Crippen molar-refractivity contribution in [2.24, 2.45) is 11.7 Å². The summed E-state index contributed by atoms with van der Waals surface area (Å²) in [5.41, 5.74) is 6.33. The average molecular weight is 348 g/mol. The molecule has 2 rings (SSSR count). The van der Waals surface area contributed by atoms with Gasteiger partial charge in [-0.2, -0.15) is 0 Å². The fourth-order valence-corrected chi connectivity index (χ4v) is 3.62. The number of hydrogen-bond donors (Lipinski definition) is 4. The number of aliphatic carboxylic acids is 1. The molecule has 1 aliphatic heterocycles. The van der Waals surface area contributed by atoms with E-state index in [2.05, 4.69) is 17.0 Å². The van der Waals surface area contributed by atoms with Crippen molar-refractivity contribution in [3.05, 3.63) is 35.9 Å². The third kappa shape index (κ3) is 5.82. The maximum Gasteiger partial charge on any atom is 0.451 e. The Bertz CT molecular complexity index is 543. The smallest absolute Gasteiger partial charge is 0.451 e. The summed E-state index contributed by atoms with van der Waals surface area (Å²) in [5, 5.41) is 27.4. The predicted molar refractivity (Wildman–Crippen MR) is 98.1 cm³/mol. The van der Waals surface area contributed by atoms with Crippen molar-refractivity contribution < 1.29 is 19.9 Å². The van der Waals surface area contributed by atoms with E-state index >= 15 is 0 Å². The number of hydrogen-bond acceptors (Lipinski definition) is 5. The molecule has 0 radical (unpaired) electrons. The van der Waals surface area contributed by atoms with E-state index in [9.17, 15) is 9.90 Å². The van der Waals surface area contributed by atoms with E-state index in [-0.39, 0.29) is 12.2 Å². The number of nitrogens with zero attached hydrogens (tertiary/aromatic N) is 1. The van der Waals surface area contributed by atoms with E-state index in [1.807, 2.05) is 18.2 Å². The van der Waals surface area contributed by atoms with Crippen molar-refractivity contribution in [3.8, 4) is 0 Å². The van der Waals surface area contributed by atoms with Crippen LogP contribution in [0.5, 0.6) is 0 Å². The van der Waals surface area contributed by atoms with Gasteiger partial charge in [0.1, 0.15) is 5.54 Å². The molecule has 1 aromatic carbocycles. The highest BCUT2D eigenvalue weighted by Gasteiger charge is 2.44. The molecule has 138 valence electrons. The molecule has 7 heteroatoms. The van der Waals surface area contributed by atoms with Gasteiger partial charge in [-0.15, -0.1) is 0 Å². The Morgan fingerprint density at radius 3 is 2.64 bits per heavy atom. The first kappa shape index (κ1) is 19.9. The van der Waals surface area contributed by atoms with Crippen molar-refractivity contribution in [1.29, 1.82) is 0 Å². The summed E-state index contributed by atoms with van der Waals surface area (Å²) < 4.78 is 0. The van der Waals surface area contributed by atoms with Crippen LogP contribution in [0.2, 0.25) is 6.32 Å². The van der Waals surface area contributed by atoms with Gasteiger partial charge in [0.05, 0.1) is 0 Å². The number of nitrogens with two attached hydrogens (primary N) is 1. The molecule has 0 spiro atoms. The Morgan fingerprint density at radius 2 is 2.00 bits per heavy atom. The zero-order chi connectivity index (χ0) is 18.3. The van der Waals surface area contributed by atoms with Gasteiger partial charge in [-0.25, -0.2) is 0 Å². The number of carboxylic acid groups (broad SMARTS) is 1. The summed E-state index contributed by atoms with van der Waals surface area (Å²) in [6.45, 7) is 2.49. The third-order valence-electron chi connectivity index (χ3n) is 5.26. The lowest BCUT2D eigenvalue weighted by Gasteiger charge is -2.31. The molecule has 1 aromatic rings. The Kier molecular flexibility index (Phi) is 7.44. The molecule has 6 nitrogen and oxygen atoms in total. The quantitative estimate of drug-likeness (QED) is 0.371. The van der Waals surface area contributed by atoms with Crippen LogP contribution >= 0.6 is 0 Å². The number of unbranched alkanes of at least 4 members (excludes halogenated alkanes) is 1. The lowest BCUT2D eigenvalue weighted by atomic mass is 9.77. The van der Waals surface area contributed by atoms with Crippen molar-refractivity contribution >= 4 is 13.1 Å². The molecule has 0 aromatic heterocycles. The molecule has 0 bridgehead atoms. The molecule has 5 N–H and O–H groups in total. The van der Waals surface area contributed by atoms with Crippen molar-refractivity contribution in [2.75, 3.05) is 19.6 Å². The number of likely N-dealkylation sites (tertiary alicyclic amines) is 1. The van der Waals surface area contributed by atoms with Crippen molar-refractivity contribution in [2.45, 2.75) is 44.0 Å². The van der Waals surface area contributed by atoms with Crippen LogP contribution in [0.1, 0.15) is 31.2 Å². The van der Waals surface area contributed by atoms with Gasteiger partial charge in [-0.3, -0.25) is 4.79 Å². The molecule has 25 heavy (non-hydrogen) atoms. The number of rotatable bonds is 10. The Morgan fingerprint density at radius 1 is 1.28 bits per heavy atom. The topological polar surface area (TPSA) is 107 Å². The molecule has 1 fully saturated rings. The normalized spacial score (nSPS) is 20.4.